The highest BCUT2D eigenvalue weighted by Gasteiger charge is 2.36. The zero-order chi connectivity index (χ0) is 21.8. The van der Waals surface area contributed by atoms with Crippen LogP contribution < -0.4 is 10.1 Å². The van der Waals surface area contributed by atoms with Gasteiger partial charge in [0.25, 0.3) is 0 Å². The molecule has 5 nitrogen and oxygen atoms in total. The number of carbonyl (C=O) groups is 1. The number of urea groups is 1. The normalized spacial score (nSPS) is 20.4. The fraction of sp³-hybridized carbons (Fsp3) is 0.346. The molecule has 6 heteroatoms. The van der Waals surface area contributed by atoms with Gasteiger partial charge in [0, 0.05) is 31.2 Å². The molecule has 2 aliphatic heterocycles. The van der Waals surface area contributed by atoms with E-state index in [1.54, 1.807) is 11.3 Å². The molecule has 1 N–H and O–H groups in total. The molecule has 1 fully saturated rings. The summed E-state index contributed by atoms with van der Waals surface area (Å²) in [5.41, 5.74) is 3.54. The maximum atomic E-state index is 13.5. The first-order chi connectivity index (χ1) is 15.8. The number of amides is 2. The van der Waals surface area contributed by atoms with Crippen LogP contribution in [0.4, 0.5) is 4.79 Å². The van der Waals surface area contributed by atoms with Gasteiger partial charge in [0.1, 0.15) is 12.4 Å². The van der Waals surface area contributed by atoms with Crippen LogP contribution in [0.3, 0.4) is 0 Å². The standard InChI is InChI=1S/C26H29N3O2S/c30-26-27-13-16-31-24-9-5-4-8-23(24)25(21-6-2-1-3-7-21)29(26)22-10-14-28(15-11-22)18-20-12-17-32-19-20/h1-9,12,17,19,22,25H,10-11,13-16,18H2,(H,27,30). The molecule has 2 amide bonds. The monoisotopic (exact) mass is 447 g/mol. The van der Waals surface area contributed by atoms with Crippen LogP contribution >= 0.6 is 11.3 Å². The molecule has 2 aromatic carbocycles. The van der Waals surface area contributed by atoms with Crippen LogP contribution in [0.5, 0.6) is 5.75 Å². The summed E-state index contributed by atoms with van der Waals surface area (Å²) >= 11 is 1.75. The highest BCUT2D eigenvalue weighted by Crippen LogP contribution is 2.38. The first-order valence-corrected chi connectivity index (χ1v) is 12.3. The van der Waals surface area contributed by atoms with Crippen molar-refractivity contribution < 1.29 is 9.53 Å². The van der Waals surface area contributed by atoms with Crippen LogP contribution in [0.15, 0.2) is 71.4 Å². The highest BCUT2D eigenvalue weighted by atomic mass is 32.1. The van der Waals surface area contributed by atoms with E-state index in [-0.39, 0.29) is 18.1 Å². The molecular weight excluding hydrogens is 418 g/mol. The van der Waals surface area contributed by atoms with E-state index in [0.717, 1.165) is 49.4 Å². The first-order valence-electron chi connectivity index (χ1n) is 11.4. The molecule has 1 unspecified atom stereocenters. The Balaban J connectivity index is 1.46. The second-order valence-electron chi connectivity index (χ2n) is 8.48. The van der Waals surface area contributed by atoms with Crippen molar-refractivity contribution in [1.82, 2.24) is 15.1 Å². The number of thiophene rings is 1. The molecule has 0 radical (unpaired) electrons. The van der Waals surface area contributed by atoms with Gasteiger partial charge in [-0.05, 0) is 46.9 Å². The summed E-state index contributed by atoms with van der Waals surface area (Å²) in [5.74, 6) is 0.859. The van der Waals surface area contributed by atoms with Crippen molar-refractivity contribution in [3.8, 4) is 5.75 Å². The number of hydrogen-bond acceptors (Lipinski definition) is 4. The lowest BCUT2D eigenvalue weighted by Crippen LogP contribution is -2.52. The summed E-state index contributed by atoms with van der Waals surface area (Å²) in [6, 6.07) is 20.7. The third-order valence-corrected chi connectivity index (χ3v) is 7.15. The number of para-hydroxylation sites is 1. The Morgan fingerprint density at radius 2 is 1.78 bits per heavy atom. The molecule has 3 heterocycles. The summed E-state index contributed by atoms with van der Waals surface area (Å²) < 4.78 is 6.07. The Labute approximate surface area is 193 Å². The van der Waals surface area contributed by atoms with Crippen molar-refractivity contribution in [2.24, 2.45) is 0 Å². The van der Waals surface area contributed by atoms with Crippen molar-refractivity contribution in [3.05, 3.63) is 88.1 Å². The molecule has 166 valence electrons. The molecule has 3 aromatic rings. The maximum absolute atomic E-state index is 13.5. The lowest BCUT2D eigenvalue weighted by atomic mass is 9.92. The van der Waals surface area contributed by atoms with Gasteiger partial charge in [-0.1, -0.05) is 48.5 Å². The predicted octanol–water partition coefficient (Wildman–Crippen LogP) is 4.91. The minimum Gasteiger partial charge on any atom is -0.491 e. The minimum atomic E-state index is -0.182. The number of nitrogens with one attached hydrogen (secondary N) is 1. The molecule has 0 bridgehead atoms. The predicted molar refractivity (Wildman–Crippen MR) is 128 cm³/mol. The Hall–Kier alpha value is -2.83. The zero-order valence-corrected chi connectivity index (χ0v) is 19.0. The molecule has 5 rings (SSSR count). The Morgan fingerprint density at radius 1 is 1.00 bits per heavy atom. The fourth-order valence-electron chi connectivity index (χ4n) is 4.86. The number of carbonyl (C=O) groups excluding carboxylic acids is 1. The Bertz CT molecular complexity index is 1020. The number of piperidine rings is 1. The average Bonchev–Trinajstić information content (AvgIpc) is 3.36. The van der Waals surface area contributed by atoms with Crippen molar-refractivity contribution in [2.75, 3.05) is 26.2 Å². The van der Waals surface area contributed by atoms with E-state index in [1.807, 2.05) is 36.4 Å². The summed E-state index contributed by atoms with van der Waals surface area (Å²) in [4.78, 5) is 18.1. The van der Waals surface area contributed by atoms with Gasteiger partial charge in [-0.15, -0.1) is 0 Å². The average molecular weight is 448 g/mol. The largest absolute Gasteiger partial charge is 0.491 e. The van der Waals surface area contributed by atoms with E-state index >= 15 is 0 Å². The van der Waals surface area contributed by atoms with Crippen molar-refractivity contribution in [3.63, 3.8) is 0 Å². The van der Waals surface area contributed by atoms with E-state index in [1.165, 1.54) is 5.56 Å². The number of nitrogens with zero attached hydrogens (tertiary/aromatic N) is 2. The molecule has 0 spiro atoms. The number of fused-ring (bicyclic) bond motifs is 1. The van der Waals surface area contributed by atoms with E-state index in [2.05, 4.69) is 50.1 Å². The van der Waals surface area contributed by atoms with E-state index in [4.69, 9.17) is 4.74 Å². The van der Waals surface area contributed by atoms with Gasteiger partial charge in [0.05, 0.1) is 12.6 Å². The topological polar surface area (TPSA) is 44.8 Å². The highest BCUT2D eigenvalue weighted by molar-refractivity contribution is 7.07. The van der Waals surface area contributed by atoms with Crippen molar-refractivity contribution in [1.29, 1.82) is 0 Å². The summed E-state index contributed by atoms with van der Waals surface area (Å²) in [6.45, 7) is 3.94. The van der Waals surface area contributed by atoms with Crippen LogP contribution in [0.25, 0.3) is 0 Å². The lowest BCUT2D eigenvalue weighted by Gasteiger charge is -2.42. The SMILES string of the molecule is O=C1NCCOc2ccccc2C(c2ccccc2)N1C1CCN(Cc2ccsc2)CC1. The second-order valence-corrected chi connectivity index (χ2v) is 9.26. The quantitative estimate of drug-likeness (QED) is 0.618. The van der Waals surface area contributed by atoms with Crippen LogP contribution in [-0.4, -0.2) is 48.1 Å². The van der Waals surface area contributed by atoms with E-state index in [9.17, 15) is 4.79 Å². The van der Waals surface area contributed by atoms with Gasteiger partial charge in [0.2, 0.25) is 0 Å². The number of benzene rings is 2. The first kappa shape index (κ1) is 21.0. The number of ether oxygens (including phenoxy) is 1. The number of likely N-dealkylation sites (tertiary alicyclic amines) is 1. The Kier molecular flexibility index (Phi) is 6.41. The van der Waals surface area contributed by atoms with Crippen LogP contribution in [0.2, 0.25) is 0 Å². The van der Waals surface area contributed by atoms with Crippen LogP contribution in [0, 0.1) is 0 Å². The summed E-state index contributed by atoms with van der Waals surface area (Å²) in [6.07, 6.45) is 1.92. The molecule has 1 aromatic heterocycles. The zero-order valence-electron chi connectivity index (χ0n) is 18.2. The molecular formula is C26H29N3O2S. The van der Waals surface area contributed by atoms with Gasteiger partial charge in [-0.25, -0.2) is 4.79 Å². The van der Waals surface area contributed by atoms with E-state index < -0.39 is 0 Å². The van der Waals surface area contributed by atoms with Crippen LogP contribution in [0.1, 0.15) is 35.6 Å². The third kappa shape index (κ3) is 4.52. The van der Waals surface area contributed by atoms with E-state index in [0.29, 0.717) is 13.2 Å². The molecule has 0 aliphatic carbocycles. The maximum Gasteiger partial charge on any atom is 0.318 e. The van der Waals surface area contributed by atoms with Gasteiger partial charge in [-0.3, -0.25) is 4.90 Å². The van der Waals surface area contributed by atoms with Gasteiger partial charge in [-0.2, -0.15) is 11.3 Å². The fourth-order valence-corrected chi connectivity index (χ4v) is 5.52. The lowest BCUT2D eigenvalue weighted by molar-refractivity contribution is 0.102. The summed E-state index contributed by atoms with van der Waals surface area (Å²) in [7, 11) is 0. The minimum absolute atomic E-state index is 0.00422. The molecule has 1 saturated heterocycles. The molecule has 1 atom stereocenters. The van der Waals surface area contributed by atoms with Gasteiger partial charge < -0.3 is 15.0 Å². The van der Waals surface area contributed by atoms with Crippen molar-refractivity contribution >= 4 is 17.4 Å². The smallest absolute Gasteiger partial charge is 0.318 e. The van der Waals surface area contributed by atoms with Crippen LogP contribution in [-0.2, 0) is 6.54 Å². The molecule has 2 aliphatic rings. The third-order valence-electron chi connectivity index (χ3n) is 6.41. The Morgan fingerprint density at radius 3 is 2.56 bits per heavy atom. The summed E-state index contributed by atoms with van der Waals surface area (Å²) in [5, 5.41) is 7.47. The number of rotatable bonds is 4. The number of hydrogen-bond donors (Lipinski definition) is 1. The molecule has 0 saturated carbocycles. The van der Waals surface area contributed by atoms with Gasteiger partial charge >= 0.3 is 6.03 Å². The van der Waals surface area contributed by atoms with Gasteiger partial charge in [0.15, 0.2) is 0 Å². The van der Waals surface area contributed by atoms with Crippen molar-refractivity contribution in [2.45, 2.75) is 31.5 Å². The second kappa shape index (κ2) is 9.76. The molecule has 32 heavy (non-hydrogen) atoms.